The Balaban J connectivity index is 1.84. The molecule has 1 heterocycles. The highest BCUT2D eigenvalue weighted by molar-refractivity contribution is 7.94. The number of hydrogen-bond acceptors (Lipinski definition) is 3. The molecule has 0 saturated carbocycles. The van der Waals surface area contributed by atoms with E-state index in [1.165, 1.54) is 10.3 Å². The van der Waals surface area contributed by atoms with Crippen LogP contribution in [0.15, 0.2) is 133 Å². The molecule has 0 radical (unpaired) electrons. The van der Waals surface area contributed by atoms with Crippen LogP contribution in [0, 0.1) is 6.92 Å². The van der Waals surface area contributed by atoms with Crippen molar-refractivity contribution in [1.29, 1.82) is 0 Å². The van der Waals surface area contributed by atoms with E-state index in [-0.39, 0.29) is 4.90 Å². The molecule has 0 fully saturated rings. The van der Waals surface area contributed by atoms with Crippen LogP contribution in [0.25, 0.3) is 0 Å². The lowest BCUT2D eigenvalue weighted by atomic mass is 10.2. The van der Waals surface area contributed by atoms with Gasteiger partial charge >= 0.3 is 0 Å². The molecule has 0 unspecified atom stereocenters. The Morgan fingerprint density at radius 3 is 1.60 bits per heavy atom. The molecule has 0 spiro atoms. The second-order valence-corrected chi connectivity index (χ2v) is 13.4. The lowest BCUT2D eigenvalue weighted by Crippen LogP contribution is -2.28. The largest absolute Gasteiger partial charge is 0.269 e. The molecule has 5 rings (SSSR count). The van der Waals surface area contributed by atoms with Crippen molar-refractivity contribution in [3.05, 3.63) is 139 Å². The maximum atomic E-state index is 13.6. The Kier molecular flexibility index (Phi) is 6.29. The van der Waals surface area contributed by atoms with Gasteiger partial charge in [-0.25, -0.2) is 17.4 Å². The summed E-state index contributed by atoms with van der Waals surface area (Å²) in [7, 11) is -3.82. The summed E-state index contributed by atoms with van der Waals surface area (Å²) in [6, 6.07) is 37.8. The average Bonchev–Trinajstić information content (AvgIpc) is 3.38. The van der Waals surface area contributed by atoms with E-state index in [0.717, 1.165) is 21.5 Å². The molecule has 4 nitrogen and oxygen atoms in total. The minimum Gasteiger partial charge on any atom is -0.243 e. The molecular weight excluding hydrogens is 471 g/mol. The number of hydrogen-bond donors (Lipinski definition) is 0. The third kappa shape index (κ3) is 4.29. The van der Waals surface area contributed by atoms with Crippen LogP contribution in [-0.2, 0) is 10.0 Å². The molecule has 1 aromatic heterocycles. The maximum absolute atomic E-state index is 13.6. The monoisotopic (exact) mass is 496 g/mol. The first-order valence-corrected chi connectivity index (χ1v) is 14.6. The summed E-state index contributed by atoms with van der Waals surface area (Å²) in [4.78, 5) is 4.50. The van der Waals surface area contributed by atoms with Crippen molar-refractivity contribution in [1.82, 2.24) is 8.96 Å². The molecule has 35 heavy (non-hydrogen) atoms. The normalized spacial score (nSPS) is 11.8. The second kappa shape index (κ2) is 9.53. The quantitative estimate of drug-likeness (QED) is 0.324. The number of rotatable bonds is 6. The maximum Gasteiger partial charge on any atom is 0.269 e. The summed E-state index contributed by atoms with van der Waals surface area (Å²) in [6.45, 7) is -0.452. The smallest absolute Gasteiger partial charge is 0.243 e. The van der Waals surface area contributed by atoms with Gasteiger partial charge in [-0.05, 0) is 47.7 Å². The van der Waals surface area contributed by atoms with E-state index < -0.39 is 16.9 Å². The molecule has 0 aliphatic rings. The molecule has 0 atom stereocenters. The van der Waals surface area contributed by atoms with E-state index in [4.69, 9.17) is 0 Å². The van der Waals surface area contributed by atoms with E-state index in [1.807, 2.05) is 73.7 Å². The zero-order valence-corrected chi connectivity index (χ0v) is 21.0. The molecule has 0 saturated heterocycles. The Labute approximate surface area is 206 Å². The van der Waals surface area contributed by atoms with Crippen LogP contribution < -0.4 is 15.9 Å². The summed E-state index contributed by atoms with van der Waals surface area (Å²) >= 11 is 0. The number of aromatic nitrogens is 2. The van der Waals surface area contributed by atoms with Gasteiger partial charge in [0.15, 0.2) is 0 Å². The molecule has 0 bridgehead atoms. The van der Waals surface area contributed by atoms with Gasteiger partial charge in [-0.1, -0.05) is 109 Å². The Hall–Kier alpha value is -3.66. The van der Waals surface area contributed by atoms with Crippen molar-refractivity contribution in [3.63, 3.8) is 0 Å². The summed E-state index contributed by atoms with van der Waals surface area (Å²) in [6.07, 6.45) is 3.02. The molecule has 174 valence electrons. The van der Waals surface area contributed by atoms with Crippen molar-refractivity contribution in [3.8, 4) is 0 Å². The second-order valence-electron chi connectivity index (χ2n) is 8.29. The van der Waals surface area contributed by atoms with Crippen molar-refractivity contribution < 1.29 is 8.42 Å². The number of nitrogens with zero attached hydrogens (tertiary/aromatic N) is 2. The zero-order valence-electron chi connectivity index (χ0n) is 19.3. The van der Waals surface area contributed by atoms with Crippen molar-refractivity contribution in [2.24, 2.45) is 0 Å². The van der Waals surface area contributed by atoms with Crippen LogP contribution >= 0.6 is 6.89 Å². The van der Waals surface area contributed by atoms with Gasteiger partial charge in [-0.3, -0.25) is 0 Å². The fourth-order valence-electron chi connectivity index (χ4n) is 4.27. The van der Waals surface area contributed by atoms with Crippen LogP contribution in [-0.4, -0.2) is 23.2 Å². The summed E-state index contributed by atoms with van der Waals surface area (Å²) in [5.74, 6) is 2.12. The van der Waals surface area contributed by atoms with Gasteiger partial charge in [0.1, 0.15) is 6.33 Å². The van der Waals surface area contributed by atoms with E-state index >= 15 is 0 Å². The molecule has 0 aliphatic carbocycles. The molecule has 0 N–H and O–H groups in total. The summed E-state index contributed by atoms with van der Waals surface area (Å²) in [5.41, 5.74) is 1.54. The molecule has 4 aromatic carbocycles. The molecule has 5 aromatic rings. The van der Waals surface area contributed by atoms with Crippen LogP contribution in [0.1, 0.15) is 11.3 Å². The zero-order chi connectivity index (χ0) is 24.3. The van der Waals surface area contributed by atoms with Crippen LogP contribution in [0.5, 0.6) is 0 Å². The van der Waals surface area contributed by atoms with Gasteiger partial charge in [0, 0.05) is 0 Å². The topological polar surface area (TPSA) is 52.0 Å². The van der Waals surface area contributed by atoms with E-state index in [2.05, 4.69) is 47.2 Å². The first-order valence-electron chi connectivity index (χ1n) is 11.3. The third-order valence-corrected chi connectivity index (χ3v) is 11.7. The number of aryl methyl sites for hydroxylation is 1. The Bertz CT molecular complexity index is 1490. The molecule has 0 amide bonds. The van der Waals surface area contributed by atoms with E-state index in [0.29, 0.717) is 5.69 Å². The van der Waals surface area contributed by atoms with Gasteiger partial charge in [-0.15, -0.1) is 0 Å². The van der Waals surface area contributed by atoms with Gasteiger partial charge in [-0.2, -0.15) is 0 Å². The van der Waals surface area contributed by atoms with E-state index in [9.17, 15) is 8.42 Å². The predicted molar refractivity (Wildman–Crippen MR) is 146 cm³/mol. The average molecular weight is 497 g/mol. The molecule has 6 heteroatoms. The fraction of sp³-hybridized carbons (Fsp3) is 0.0345. The van der Waals surface area contributed by atoms with Gasteiger partial charge in [0.05, 0.1) is 16.8 Å². The van der Waals surface area contributed by atoms with Crippen LogP contribution in [0.4, 0.5) is 0 Å². The molecule has 0 aliphatic heterocycles. The van der Waals surface area contributed by atoms with Crippen LogP contribution in [0.2, 0.25) is 0 Å². The highest BCUT2D eigenvalue weighted by Gasteiger charge is 2.27. The van der Waals surface area contributed by atoms with Crippen molar-refractivity contribution in [2.45, 2.75) is 11.8 Å². The lowest BCUT2D eigenvalue weighted by Gasteiger charge is -2.28. The lowest BCUT2D eigenvalue weighted by molar-refractivity contribution is 0.587. The first-order chi connectivity index (χ1) is 17.0. The third-order valence-electron chi connectivity index (χ3n) is 6.03. The number of imidazole rings is 1. The highest BCUT2D eigenvalue weighted by atomic mass is 32.2. The Morgan fingerprint density at radius 2 is 1.14 bits per heavy atom. The minimum atomic E-state index is -3.82. The van der Waals surface area contributed by atoms with Gasteiger partial charge < -0.3 is 0 Å². The van der Waals surface area contributed by atoms with E-state index in [1.54, 1.807) is 18.3 Å². The predicted octanol–water partition coefficient (Wildman–Crippen LogP) is 4.57. The Morgan fingerprint density at radius 1 is 0.686 bits per heavy atom. The standard InChI is InChI=1S/C29H25N2O2PS/c1-24-17-19-29(20-18-24)35(32,33)31-23-30-21-25(31)22-34(26-11-5-2-6-12-26,27-13-7-3-8-14-27)28-15-9-4-10-16-28/h2-23H,1H3. The number of benzene rings is 4. The van der Waals surface area contributed by atoms with Crippen LogP contribution in [0.3, 0.4) is 0 Å². The van der Waals surface area contributed by atoms with Gasteiger partial charge in [0.2, 0.25) is 0 Å². The fourth-order valence-corrected chi connectivity index (χ4v) is 9.47. The van der Waals surface area contributed by atoms with Crippen molar-refractivity contribution in [2.75, 3.05) is 0 Å². The van der Waals surface area contributed by atoms with Gasteiger partial charge in [0.25, 0.3) is 10.0 Å². The minimum absolute atomic E-state index is 0.235. The first kappa shape index (κ1) is 23.1. The van der Waals surface area contributed by atoms with Crippen molar-refractivity contribution >= 4 is 38.6 Å². The summed E-state index contributed by atoms with van der Waals surface area (Å²) in [5, 5.41) is 3.41. The molecular formula is C29H25N2O2PS. The SMILES string of the molecule is Cc1ccc(S(=O)(=O)n2cncc2C=P(c2ccccc2)(c2ccccc2)c2ccccc2)cc1. The highest BCUT2D eigenvalue weighted by Crippen LogP contribution is 2.44. The summed E-state index contributed by atoms with van der Waals surface area (Å²) < 4.78 is 28.6.